The van der Waals surface area contributed by atoms with Crippen molar-refractivity contribution in [2.75, 3.05) is 14.2 Å². The monoisotopic (exact) mass is 300 g/mol. The van der Waals surface area contributed by atoms with Crippen molar-refractivity contribution in [3.8, 4) is 17.2 Å². The van der Waals surface area contributed by atoms with Crippen LogP contribution in [0, 0.1) is 5.41 Å². The van der Waals surface area contributed by atoms with Gasteiger partial charge in [-0.05, 0) is 36.4 Å². The number of ether oxygens (including phenoxy) is 3. The van der Waals surface area contributed by atoms with E-state index in [-0.39, 0.29) is 5.84 Å². The van der Waals surface area contributed by atoms with E-state index in [1.54, 1.807) is 42.5 Å². The quantitative estimate of drug-likeness (QED) is 0.382. The van der Waals surface area contributed by atoms with Crippen molar-refractivity contribution in [3.05, 3.63) is 53.6 Å². The van der Waals surface area contributed by atoms with Crippen molar-refractivity contribution in [3.63, 3.8) is 0 Å². The van der Waals surface area contributed by atoms with Crippen LogP contribution in [0.5, 0.6) is 17.2 Å². The molecule has 0 radical (unpaired) electrons. The van der Waals surface area contributed by atoms with Crippen LogP contribution in [0.3, 0.4) is 0 Å². The van der Waals surface area contributed by atoms with Gasteiger partial charge in [0.05, 0.1) is 14.2 Å². The molecule has 0 aliphatic heterocycles. The second kappa shape index (κ2) is 6.62. The molecule has 2 rings (SSSR count). The van der Waals surface area contributed by atoms with Gasteiger partial charge in [-0.15, -0.1) is 0 Å². The smallest absolute Gasteiger partial charge is 0.347 e. The third-order valence-electron chi connectivity index (χ3n) is 3.00. The lowest BCUT2D eigenvalue weighted by molar-refractivity contribution is 0.0731. The van der Waals surface area contributed by atoms with Gasteiger partial charge in [-0.25, -0.2) is 4.79 Å². The number of benzene rings is 2. The molecular weight excluding hydrogens is 284 g/mol. The minimum absolute atomic E-state index is 0.0466. The Morgan fingerprint density at radius 2 is 1.64 bits per heavy atom. The molecule has 2 aromatic carbocycles. The summed E-state index contributed by atoms with van der Waals surface area (Å²) in [6.07, 6.45) is 0. The van der Waals surface area contributed by atoms with Gasteiger partial charge in [0.25, 0.3) is 0 Å². The number of nitrogen functional groups attached to an aromatic ring is 1. The first-order chi connectivity index (χ1) is 10.5. The van der Waals surface area contributed by atoms with Crippen molar-refractivity contribution in [1.82, 2.24) is 0 Å². The molecular formula is C16H16N2O4. The largest absolute Gasteiger partial charge is 0.497 e. The van der Waals surface area contributed by atoms with E-state index in [0.717, 1.165) is 0 Å². The summed E-state index contributed by atoms with van der Waals surface area (Å²) >= 11 is 0. The molecule has 6 nitrogen and oxygen atoms in total. The molecule has 0 saturated carbocycles. The number of nitrogens with two attached hydrogens (primary N) is 1. The van der Waals surface area contributed by atoms with Gasteiger partial charge in [0.2, 0.25) is 0 Å². The number of rotatable bonds is 5. The van der Waals surface area contributed by atoms with Crippen molar-refractivity contribution in [2.24, 2.45) is 5.73 Å². The molecule has 0 fully saturated rings. The van der Waals surface area contributed by atoms with Gasteiger partial charge in [-0.2, -0.15) is 0 Å². The van der Waals surface area contributed by atoms with Crippen LogP contribution in [0.2, 0.25) is 0 Å². The molecule has 114 valence electrons. The number of hydrogen-bond donors (Lipinski definition) is 2. The number of esters is 1. The van der Waals surface area contributed by atoms with Crippen molar-refractivity contribution < 1.29 is 19.0 Å². The predicted octanol–water partition coefficient (Wildman–Crippen LogP) is 2.21. The Morgan fingerprint density at radius 1 is 1.00 bits per heavy atom. The van der Waals surface area contributed by atoms with Crippen LogP contribution in [0.4, 0.5) is 0 Å². The second-order valence-electron chi connectivity index (χ2n) is 4.39. The highest BCUT2D eigenvalue weighted by atomic mass is 16.5. The SMILES string of the molecule is COc1ccc(C(=O)Oc2ccc(C(=N)N)cc2)c(OC)c1. The third kappa shape index (κ3) is 3.35. The van der Waals surface area contributed by atoms with Gasteiger partial charge in [0, 0.05) is 11.6 Å². The molecule has 0 unspecified atom stereocenters. The number of carbonyl (C=O) groups excluding carboxylic acids is 1. The average molecular weight is 300 g/mol. The van der Waals surface area contributed by atoms with E-state index in [1.807, 2.05) is 0 Å². The molecule has 22 heavy (non-hydrogen) atoms. The van der Waals surface area contributed by atoms with E-state index in [0.29, 0.717) is 28.4 Å². The van der Waals surface area contributed by atoms with E-state index in [4.69, 9.17) is 25.4 Å². The first kappa shape index (κ1) is 15.4. The van der Waals surface area contributed by atoms with Gasteiger partial charge in [0.1, 0.15) is 28.6 Å². The fourth-order valence-electron chi connectivity index (χ4n) is 1.83. The van der Waals surface area contributed by atoms with Crippen LogP contribution >= 0.6 is 0 Å². The molecule has 0 aliphatic carbocycles. The summed E-state index contributed by atoms with van der Waals surface area (Å²) in [6, 6.07) is 11.2. The molecule has 0 spiro atoms. The van der Waals surface area contributed by atoms with E-state index in [2.05, 4.69) is 0 Å². The number of nitrogens with one attached hydrogen (secondary N) is 1. The summed E-state index contributed by atoms with van der Waals surface area (Å²) < 4.78 is 15.5. The molecule has 2 aromatic rings. The Labute approximate surface area is 127 Å². The topological polar surface area (TPSA) is 94.6 Å². The average Bonchev–Trinajstić information content (AvgIpc) is 2.54. The van der Waals surface area contributed by atoms with Crippen LogP contribution < -0.4 is 19.9 Å². The molecule has 0 heterocycles. The minimum Gasteiger partial charge on any atom is -0.497 e. The Hall–Kier alpha value is -3.02. The van der Waals surface area contributed by atoms with Gasteiger partial charge in [-0.1, -0.05) is 0 Å². The van der Waals surface area contributed by atoms with Crippen LogP contribution in [0.15, 0.2) is 42.5 Å². The summed E-state index contributed by atoms with van der Waals surface area (Å²) in [6.45, 7) is 0. The molecule has 0 bridgehead atoms. The maximum Gasteiger partial charge on any atom is 0.347 e. The van der Waals surface area contributed by atoms with E-state index < -0.39 is 5.97 Å². The normalized spacial score (nSPS) is 9.91. The zero-order chi connectivity index (χ0) is 16.1. The van der Waals surface area contributed by atoms with E-state index in [9.17, 15) is 4.79 Å². The van der Waals surface area contributed by atoms with Crippen LogP contribution in [-0.2, 0) is 0 Å². The number of methoxy groups -OCH3 is 2. The predicted molar refractivity (Wildman–Crippen MR) is 82.0 cm³/mol. The van der Waals surface area contributed by atoms with Gasteiger partial charge >= 0.3 is 5.97 Å². The number of hydrogen-bond acceptors (Lipinski definition) is 5. The van der Waals surface area contributed by atoms with Crippen LogP contribution in [0.1, 0.15) is 15.9 Å². The zero-order valence-electron chi connectivity index (χ0n) is 12.3. The third-order valence-corrected chi connectivity index (χ3v) is 3.00. The van der Waals surface area contributed by atoms with E-state index in [1.165, 1.54) is 14.2 Å². The second-order valence-corrected chi connectivity index (χ2v) is 4.39. The summed E-state index contributed by atoms with van der Waals surface area (Å²) in [7, 11) is 3.00. The van der Waals surface area contributed by atoms with Gasteiger partial charge in [-0.3, -0.25) is 5.41 Å². The zero-order valence-corrected chi connectivity index (χ0v) is 12.3. The van der Waals surface area contributed by atoms with Crippen LogP contribution in [0.25, 0.3) is 0 Å². The Balaban J connectivity index is 2.20. The summed E-state index contributed by atoms with van der Waals surface area (Å²) in [5.41, 5.74) is 6.22. The minimum atomic E-state index is -0.546. The number of carbonyl (C=O) groups is 1. The molecule has 6 heteroatoms. The summed E-state index contributed by atoms with van der Waals surface area (Å²) in [5, 5.41) is 7.32. The lowest BCUT2D eigenvalue weighted by Crippen LogP contribution is -2.12. The first-order valence-corrected chi connectivity index (χ1v) is 6.44. The maximum absolute atomic E-state index is 12.2. The fourth-order valence-corrected chi connectivity index (χ4v) is 1.83. The van der Waals surface area contributed by atoms with Crippen LogP contribution in [-0.4, -0.2) is 26.0 Å². The highest BCUT2D eigenvalue weighted by Gasteiger charge is 2.15. The standard InChI is InChI=1S/C16H16N2O4/c1-20-12-7-8-13(14(9-12)21-2)16(19)22-11-5-3-10(4-6-11)15(17)18/h3-9H,1-2H3,(H3,17,18). The number of amidine groups is 1. The van der Waals surface area contributed by atoms with Gasteiger partial charge in [0.15, 0.2) is 0 Å². The fraction of sp³-hybridized carbons (Fsp3) is 0.125. The maximum atomic E-state index is 12.2. The lowest BCUT2D eigenvalue weighted by Gasteiger charge is -2.10. The van der Waals surface area contributed by atoms with Gasteiger partial charge < -0.3 is 19.9 Å². The summed E-state index contributed by atoms with van der Waals surface area (Å²) in [5.74, 6) is 0.710. The lowest BCUT2D eigenvalue weighted by atomic mass is 10.2. The molecule has 3 N–H and O–H groups in total. The molecule has 0 atom stereocenters. The molecule has 0 amide bonds. The Morgan fingerprint density at radius 3 is 2.18 bits per heavy atom. The molecule has 0 aliphatic rings. The molecule has 0 saturated heterocycles. The van der Waals surface area contributed by atoms with Crippen molar-refractivity contribution in [2.45, 2.75) is 0 Å². The van der Waals surface area contributed by atoms with Crippen molar-refractivity contribution >= 4 is 11.8 Å². The highest BCUT2D eigenvalue weighted by Crippen LogP contribution is 2.26. The van der Waals surface area contributed by atoms with Crippen molar-refractivity contribution in [1.29, 1.82) is 5.41 Å². The Kier molecular flexibility index (Phi) is 4.63. The highest BCUT2D eigenvalue weighted by molar-refractivity contribution is 5.96. The van der Waals surface area contributed by atoms with E-state index >= 15 is 0 Å². The Bertz CT molecular complexity index is 696. The first-order valence-electron chi connectivity index (χ1n) is 6.44. The summed E-state index contributed by atoms with van der Waals surface area (Å²) in [4.78, 5) is 12.2. The molecule has 0 aromatic heterocycles.